The molecule has 0 saturated carbocycles. The Labute approximate surface area is 174 Å². The van der Waals surface area contributed by atoms with E-state index in [4.69, 9.17) is 0 Å². The molecule has 7 heteroatoms. The predicted octanol–water partition coefficient (Wildman–Crippen LogP) is 2.88. The molecule has 0 spiro atoms. The molecule has 156 valence electrons. The maximum Gasteiger partial charge on any atom is 0.294 e. The summed E-state index contributed by atoms with van der Waals surface area (Å²) in [5.74, 6) is 0.0849. The number of aromatic nitrogens is 2. The van der Waals surface area contributed by atoms with Crippen molar-refractivity contribution in [2.24, 2.45) is 0 Å². The molecule has 2 heterocycles. The number of para-hydroxylation sites is 2. The smallest absolute Gasteiger partial charge is 0.294 e. The average Bonchev–Trinajstić information content (AvgIpc) is 3.29. The highest BCUT2D eigenvalue weighted by Gasteiger charge is 2.20. The lowest BCUT2D eigenvalue weighted by molar-refractivity contribution is -0.121. The van der Waals surface area contributed by atoms with Gasteiger partial charge in [-0.1, -0.05) is 24.3 Å². The third-order valence-corrected chi connectivity index (χ3v) is 5.45. The van der Waals surface area contributed by atoms with Crippen molar-refractivity contribution in [1.29, 1.82) is 0 Å². The highest BCUT2D eigenvalue weighted by atomic mass is 19.1. The van der Waals surface area contributed by atoms with Gasteiger partial charge in [-0.05, 0) is 49.1 Å². The van der Waals surface area contributed by atoms with E-state index in [-0.39, 0.29) is 23.7 Å². The number of nitrogens with zero attached hydrogens (tertiary/aromatic N) is 3. The number of hydrogen-bond acceptors (Lipinski definition) is 4. The van der Waals surface area contributed by atoms with Gasteiger partial charge >= 0.3 is 0 Å². The minimum Gasteiger partial charge on any atom is -0.356 e. The summed E-state index contributed by atoms with van der Waals surface area (Å²) in [6.45, 7) is 2.44. The summed E-state index contributed by atoms with van der Waals surface area (Å²) < 4.78 is 14.6. The molecule has 1 saturated heterocycles. The van der Waals surface area contributed by atoms with E-state index >= 15 is 0 Å². The lowest BCUT2D eigenvalue weighted by atomic mass is 10.1. The topological polar surface area (TPSA) is 67.2 Å². The number of aryl methyl sites for hydroxylation is 1. The van der Waals surface area contributed by atoms with Crippen molar-refractivity contribution in [3.63, 3.8) is 0 Å². The Hall–Kier alpha value is -3.22. The number of carbonyl (C=O) groups is 1. The summed E-state index contributed by atoms with van der Waals surface area (Å²) in [7, 11) is 0. The molecule has 1 N–H and O–H groups in total. The number of hydrogen-bond donors (Lipinski definition) is 1. The van der Waals surface area contributed by atoms with Gasteiger partial charge in [-0.2, -0.15) is 0 Å². The van der Waals surface area contributed by atoms with E-state index in [2.05, 4.69) is 10.3 Å². The molecule has 30 heavy (non-hydrogen) atoms. The van der Waals surface area contributed by atoms with Crippen LogP contribution >= 0.6 is 0 Å². The third-order valence-electron chi connectivity index (χ3n) is 5.45. The number of anilines is 1. The van der Waals surface area contributed by atoms with Gasteiger partial charge in [0.1, 0.15) is 5.82 Å². The first-order chi connectivity index (χ1) is 14.6. The van der Waals surface area contributed by atoms with Crippen molar-refractivity contribution >= 4 is 22.8 Å². The molecule has 6 nitrogen and oxygen atoms in total. The van der Waals surface area contributed by atoms with Crippen LogP contribution in [0.15, 0.2) is 53.3 Å². The molecule has 0 bridgehead atoms. The van der Waals surface area contributed by atoms with E-state index in [1.165, 1.54) is 12.1 Å². The summed E-state index contributed by atoms with van der Waals surface area (Å²) in [6.07, 6.45) is 2.95. The quantitative estimate of drug-likeness (QED) is 0.653. The number of fused-ring (bicyclic) bond motifs is 1. The number of carbonyl (C=O) groups excluding carboxylic acids is 1. The van der Waals surface area contributed by atoms with Crippen molar-refractivity contribution in [3.05, 3.63) is 70.3 Å². The second-order valence-corrected chi connectivity index (χ2v) is 7.55. The summed E-state index contributed by atoms with van der Waals surface area (Å²) in [5, 5.41) is 2.88. The number of benzene rings is 2. The van der Waals surface area contributed by atoms with Crippen molar-refractivity contribution in [1.82, 2.24) is 14.9 Å². The zero-order valence-corrected chi connectivity index (χ0v) is 16.8. The molecular weight excluding hydrogens is 383 g/mol. The van der Waals surface area contributed by atoms with Crippen LogP contribution in [-0.4, -0.2) is 35.1 Å². The SMILES string of the molecule is O=C(CCn1c(=O)c(N2CCCC2)nc2ccccc21)NCCc1ccc(F)cc1. The Balaban J connectivity index is 1.43. The minimum absolute atomic E-state index is 0.118. The van der Waals surface area contributed by atoms with Crippen molar-refractivity contribution in [2.45, 2.75) is 32.2 Å². The van der Waals surface area contributed by atoms with Crippen molar-refractivity contribution in [2.75, 3.05) is 24.5 Å². The molecule has 4 rings (SSSR count). The van der Waals surface area contributed by atoms with E-state index in [9.17, 15) is 14.0 Å². The lowest BCUT2D eigenvalue weighted by Gasteiger charge is -2.19. The second kappa shape index (κ2) is 9.07. The summed E-state index contributed by atoms with van der Waals surface area (Å²) in [4.78, 5) is 32.1. The first kappa shape index (κ1) is 20.1. The van der Waals surface area contributed by atoms with Crippen LogP contribution in [0.5, 0.6) is 0 Å². The molecule has 0 aliphatic carbocycles. The van der Waals surface area contributed by atoms with Crippen LogP contribution in [-0.2, 0) is 17.8 Å². The van der Waals surface area contributed by atoms with Crippen LogP contribution in [0.2, 0.25) is 0 Å². The molecule has 1 amide bonds. The molecule has 1 aromatic heterocycles. The maximum atomic E-state index is 13.1. The minimum atomic E-state index is -0.272. The number of amides is 1. The van der Waals surface area contributed by atoms with Gasteiger partial charge in [0.2, 0.25) is 5.91 Å². The fourth-order valence-corrected chi connectivity index (χ4v) is 3.83. The van der Waals surface area contributed by atoms with Crippen LogP contribution in [0.25, 0.3) is 11.0 Å². The Bertz CT molecular complexity index is 1090. The molecule has 0 radical (unpaired) electrons. The van der Waals surface area contributed by atoms with E-state index < -0.39 is 0 Å². The molecule has 0 unspecified atom stereocenters. The molecule has 3 aromatic rings. The lowest BCUT2D eigenvalue weighted by Crippen LogP contribution is -2.33. The zero-order chi connectivity index (χ0) is 20.9. The van der Waals surface area contributed by atoms with Gasteiger partial charge in [0.05, 0.1) is 11.0 Å². The van der Waals surface area contributed by atoms with E-state index in [1.807, 2.05) is 29.2 Å². The Morgan fingerprint density at radius 2 is 1.80 bits per heavy atom. The number of rotatable bonds is 7. The summed E-state index contributed by atoms with van der Waals surface area (Å²) in [6, 6.07) is 13.8. The number of nitrogens with one attached hydrogen (secondary N) is 1. The van der Waals surface area contributed by atoms with Gasteiger partial charge in [0.25, 0.3) is 5.56 Å². The van der Waals surface area contributed by atoms with E-state index in [0.29, 0.717) is 25.3 Å². The summed E-state index contributed by atoms with van der Waals surface area (Å²) >= 11 is 0. The first-order valence-electron chi connectivity index (χ1n) is 10.4. The third kappa shape index (κ3) is 4.50. The zero-order valence-electron chi connectivity index (χ0n) is 16.8. The van der Waals surface area contributed by atoms with Crippen molar-refractivity contribution < 1.29 is 9.18 Å². The second-order valence-electron chi connectivity index (χ2n) is 7.55. The highest BCUT2D eigenvalue weighted by Crippen LogP contribution is 2.18. The van der Waals surface area contributed by atoms with Crippen LogP contribution in [0.4, 0.5) is 10.2 Å². The Morgan fingerprint density at radius 1 is 1.07 bits per heavy atom. The molecule has 1 aliphatic rings. The first-order valence-corrected chi connectivity index (χ1v) is 10.4. The van der Waals surface area contributed by atoms with Crippen LogP contribution in [0.1, 0.15) is 24.8 Å². The van der Waals surface area contributed by atoms with Crippen LogP contribution < -0.4 is 15.8 Å². The summed E-state index contributed by atoms with van der Waals surface area (Å²) in [5.41, 5.74) is 2.32. The highest BCUT2D eigenvalue weighted by molar-refractivity contribution is 5.78. The van der Waals surface area contributed by atoms with Gasteiger partial charge in [0, 0.05) is 32.6 Å². The fraction of sp³-hybridized carbons (Fsp3) is 0.348. The van der Waals surface area contributed by atoms with E-state index in [0.717, 1.165) is 42.5 Å². The Morgan fingerprint density at radius 3 is 2.57 bits per heavy atom. The van der Waals surface area contributed by atoms with Crippen molar-refractivity contribution in [3.8, 4) is 0 Å². The molecular formula is C23H25FN4O2. The Kier molecular flexibility index (Phi) is 6.07. The standard InChI is InChI=1S/C23H25FN4O2/c24-18-9-7-17(8-10-18)11-13-25-21(29)12-16-28-20-6-2-1-5-19(20)26-22(23(28)30)27-14-3-4-15-27/h1-2,5-10H,3-4,11-16H2,(H,25,29). The predicted molar refractivity (Wildman–Crippen MR) is 115 cm³/mol. The molecule has 2 aromatic carbocycles. The van der Waals surface area contributed by atoms with E-state index in [1.54, 1.807) is 16.7 Å². The molecule has 1 aliphatic heterocycles. The normalized spacial score (nSPS) is 13.7. The fourth-order valence-electron chi connectivity index (χ4n) is 3.83. The molecule has 0 atom stereocenters. The van der Waals surface area contributed by atoms with Gasteiger partial charge < -0.3 is 14.8 Å². The van der Waals surface area contributed by atoms with Gasteiger partial charge in [-0.25, -0.2) is 9.37 Å². The van der Waals surface area contributed by atoms with Gasteiger partial charge in [-0.15, -0.1) is 0 Å². The van der Waals surface area contributed by atoms with Gasteiger partial charge in [-0.3, -0.25) is 9.59 Å². The number of halogens is 1. The van der Waals surface area contributed by atoms with Crippen LogP contribution in [0.3, 0.4) is 0 Å². The van der Waals surface area contributed by atoms with Gasteiger partial charge in [0.15, 0.2) is 5.82 Å². The maximum absolute atomic E-state index is 13.1. The van der Waals surface area contributed by atoms with Crippen LogP contribution in [0, 0.1) is 5.82 Å². The molecule has 1 fully saturated rings. The average molecular weight is 408 g/mol. The largest absolute Gasteiger partial charge is 0.356 e. The monoisotopic (exact) mass is 408 g/mol.